The Morgan fingerprint density at radius 1 is 1.27 bits per heavy atom. The lowest BCUT2D eigenvalue weighted by Crippen LogP contribution is -2.35. The molecular formula is C13H15N3O5S. The Hall–Kier alpha value is -2.10. The van der Waals surface area contributed by atoms with E-state index in [1.54, 1.807) is 0 Å². The minimum atomic E-state index is -2.96. The summed E-state index contributed by atoms with van der Waals surface area (Å²) in [5.74, 6) is -0.910. The highest BCUT2D eigenvalue weighted by atomic mass is 32.3. The average molecular weight is 325 g/mol. The van der Waals surface area contributed by atoms with E-state index in [2.05, 4.69) is 9.97 Å². The van der Waals surface area contributed by atoms with E-state index in [4.69, 9.17) is 5.11 Å². The lowest BCUT2D eigenvalue weighted by molar-refractivity contribution is 0.0691. The molecule has 4 N–H and O–H groups in total. The molecule has 1 fully saturated rings. The number of hydrogen-bond donors (Lipinski definition) is 4. The molecule has 0 bridgehead atoms. The van der Waals surface area contributed by atoms with E-state index in [0.717, 1.165) is 19.0 Å². The van der Waals surface area contributed by atoms with Crippen LogP contribution in [-0.2, 0) is 0 Å². The molecule has 1 aliphatic heterocycles. The Morgan fingerprint density at radius 3 is 2.73 bits per heavy atom. The summed E-state index contributed by atoms with van der Waals surface area (Å²) in [6.07, 6.45) is 2.65. The summed E-state index contributed by atoms with van der Waals surface area (Å²) in [6.45, 7) is 0.426. The second-order valence-corrected chi connectivity index (χ2v) is 7.12. The highest BCUT2D eigenvalue weighted by molar-refractivity contribution is 8.25. The van der Waals surface area contributed by atoms with E-state index in [0.29, 0.717) is 11.9 Å². The van der Waals surface area contributed by atoms with Gasteiger partial charge in [0.2, 0.25) is 0 Å². The van der Waals surface area contributed by atoms with Crippen molar-refractivity contribution in [3.63, 3.8) is 0 Å². The molecule has 9 heteroatoms. The number of carboxylic acid groups (broad SMARTS) is 1. The molecule has 3 rings (SSSR count). The Labute approximate surface area is 127 Å². The molecule has 0 aliphatic carbocycles. The van der Waals surface area contributed by atoms with Gasteiger partial charge in [0.15, 0.2) is 11.6 Å². The Kier molecular flexibility index (Phi) is 3.55. The first kappa shape index (κ1) is 14.8. The lowest BCUT2D eigenvalue weighted by atomic mass is 10.2. The third-order valence-corrected chi connectivity index (χ3v) is 5.42. The summed E-state index contributed by atoms with van der Waals surface area (Å²) in [7, 11) is -2.96. The number of aromatic nitrogens is 2. The number of rotatable bonds is 2. The predicted molar refractivity (Wildman–Crippen MR) is 82.5 cm³/mol. The van der Waals surface area contributed by atoms with Crippen LogP contribution in [0.25, 0.3) is 10.9 Å². The number of anilines is 1. The van der Waals surface area contributed by atoms with Crippen molar-refractivity contribution in [1.29, 1.82) is 0 Å². The van der Waals surface area contributed by atoms with E-state index in [1.807, 2.05) is 0 Å². The molecule has 22 heavy (non-hydrogen) atoms. The number of carboxylic acids is 1. The number of fused-ring (bicyclic) bond motifs is 1. The SMILES string of the molecule is O=C(O)c1ccc2c(N3CCCCS3(O)O)ncc(O)c2n1. The van der Waals surface area contributed by atoms with Crippen LogP contribution < -0.4 is 4.31 Å². The van der Waals surface area contributed by atoms with Crippen molar-refractivity contribution in [2.24, 2.45) is 0 Å². The molecule has 2 aromatic heterocycles. The van der Waals surface area contributed by atoms with Gasteiger partial charge in [0.1, 0.15) is 11.2 Å². The van der Waals surface area contributed by atoms with Crippen LogP contribution in [0.15, 0.2) is 18.3 Å². The van der Waals surface area contributed by atoms with Crippen molar-refractivity contribution in [3.8, 4) is 5.75 Å². The molecule has 0 unspecified atom stereocenters. The van der Waals surface area contributed by atoms with E-state index in [9.17, 15) is 19.0 Å². The van der Waals surface area contributed by atoms with E-state index >= 15 is 0 Å². The van der Waals surface area contributed by atoms with Gasteiger partial charge in [-0.3, -0.25) is 13.4 Å². The fourth-order valence-corrected chi connectivity index (χ4v) is 4.11. The Bertz CT molecular complexity index is 752. The van der Waals surface area contributed by atoms with Gasteiger partial charge in [-0.25, -0.2) is 14.8 Å². The van der Waals surface area contributed by atoms with Crippen LogP contribution in [0.4, 0.5) is 5.82 Å². The van der Waals surface area contributed by atoms with Gasteiger partial charge < -0.3 is 10.2 Å². The van der Waals surface area contributed by atoms with Crippen LogP contribution in [0.5, 0.6) is 5.75 Å². The number of pyridine rings is 2. The summed E-state index contributed by atoms with van der Waals surface area (Å²) < 4.78 is 21.8. The molecule has 3 heterocycles. The summed E-state index contributed by atoms with van der Waals surface area (Å²) in [4.78, 5) is 19.0. The molecule has 1 saturated heterocycles. The number of hydrogen-bond acceptors (Lipinski definition) is 7. The molecule has 0 amide bonds. The summed E-state index contributed by atoms with van der Waals surface area (Å²) in [6, 6.07) is 2.77. The largest absolute Gasteiger partial charge is 0.504 e. The van der Waals surface area contributed by atoms with Gasteiger partial charge >= 0.3 is 5.97 Å². The number of carbonyl (C=O) groups is 1. The zero-order chi connectivity index (χ0) is 15.9. The highest BCUT2D eigenvalue weighted by Gasteiger charge is 2.29. The second-order valence-electron chi connectivity index (χ2n) is 5.01. The lowest BCUT2D eigenvalue weighted by Gasteiger charge is -2.46. The van der Waals surface area contributed by atoms with E-state index < -0.39 is 16.7 Å². The fourth-order valence-electron chi connectivity index (χ4n) is 2.46. The van der Waals surface area contributed by atoms with Gasteiger partial charge in [0, 0.05) is 11.9 Å². The van der Waals surface area contributed by atoms with Crippen molar-refractivity contribution in [3.05, 3.63) is 24.0 Å². The zero-order valence-electron chi connectivity index (χ0n) is 11.5. The maximum absolute atomic E-state index is 11.0. The summed E-state index contributed by atoms with van der Waals surface area (Å²) in [5.41, 5.74) is -0.129. The van der Waals surface area contributed by atoms with Crippen LogP contribution >= 0.6 is 10.8 Å². The van der Waals surface area contributed by atoms with Gasteiger partial charge in [-0.2, -0.15) is 0 Å². The van der Waals surface area contributed by atoms with Crippen molar-refractivity contribution in [2.75, 3.05) is 16.6 Å². The first-order chi connectivity index (χ1) is 10.4. The number of aromatic hydroxyl groups is 1. The molecule has 118 valence electrons. The van der Waals surface area contributed by atoms with E-state index in [-0.39, 0.29) is 28.5 Å². The topological polar surface area (TPSA) is 127 Å². The van der Waals surface area contributed by atoms with Gasteiger partial charge in [0.05, 0.1) is 11.9 Å². The molecular weight excluding hydrogens is 310 g/mol. The van der Waals surface area contributed by atoms with E-state index in [1.165, 1.54) is 16.4 Å². The maximum atomic E-state index is 11.0. The second kappa shape index (κ2) is 5.27. The molecule has 0 atom stereocenters. The first-order valence-electron chi connectivity index (χ1n) is 6.66. The highest BCUT2D eigenvalue weighted by Crippen LogP contribution is 2.50. The van der Waals surface area contributed by atoms with Crippen molar-refractivity contribution >= 4 is 33.5 Å². The minimum absolute atomic E-state index is 0.0747. The predicted octanol–water partition coefficient (Wildman–Crippen LogP) is 2.30. The summed E-state index contributed by atoms with van der Waals surface area (Å²) >= 11 is 0. The molecule has 0 radical (unpaired) electrons. The van der Waals surface area contributed by atoms with Gasteiger partial charge in [-0.05, 0) is 25.0 Å². The smallest absolute Gasteiger partial charge is 0.354 e. The van der Waals surface area contributed by atoms with Crippen molar-refractivity contribution in [2.45, 2.75) is 12.8 Å². The number of aromatic carboxylic acids is 1. The van der Waals surface area contributed by atoms with Crippen molar-refractivity contribution < 1.29 is 24.1 Å². The third kappa shape index (κ3) is 2.43. The van der Waals surface area contributed by atoms with Gasteiger partial charge in [0.25, 0.3) is 0 Å². The fraction of sp³-hybridized carbons (Fsp3) is 0.308. The zero-order valence-corrected chi connectivity index (χ0v) is 12.3. The van der Waals surface area contributed by atoms with Gasteiger partial charge in [-0.15, -0.1) is 10.8 Å². The van der Waals surface area contributed by atoms with Crippen LogP contribution in [0.3, 0.4) is 0 Å². The molecule has 0 spiro atoms. The average Bonchev–Trinajstić information content (AvgIpc) is 2.48. The van der Waals surface area contributed by atoms with Crippen LogP contribution in [-0.4, -0.2) is 47.6 Å². The Morgan fingerprint density at radius 2 is 2.05 bits per heavy atom. The van der Waals surface area contributed by atoms with Crippen LogP contribution in [0.1, 0.15) is 23.3 Å². The normalized spacial score (nSPS) is 19.1. The minimum Gasteiger partial charge on any atom is -0.504 e. The third-order valence-electron chi connectivity index (χ3n) is 3.53. The van der Waals surface area contributed by atoms with Crippen LogP contribution in [0, 0.1) is 0 Å². The molecule has 2 aromatic rings. The monoisotopic (exact) mass is 325 g/mol. The first-order valence-corrected chi connectivity index (χ1v) is 8.33. The molecule has 8 nitrogen and oxygen atoms in total. The number of nitrogens with zero attached hydrogens (tertiary/aromatic N) is 3. The van der Waals surface area contributed by atoms with Crippen LogP contribution in [0.2, 0.25) is 0 Å². The Balaban J connectivity index is 2.18. The molecule has 1 aliphatic rings. The standard InChI is InChI=1S/C13H15N3O5S/c17-10-7-14-12(16-5-1-2-6-22(16,20)21)8-3-4-9(13(18)19)15-11(8)10/h3-4,7,17,20-21H,1-2,5-6H2,(H,18,19). The molecule has 0 aromatic carbocycles. The molecule has 0 saturated carbocycles. The van der Waals surface area contributed by atoms with Gasteiger partial charge in [-0.1, -0.05) is 0 Å². The maximum Gasteiger partial charge on any atom is 0.354 e. The summed E-state index contributed by atoms with van der Waals surface area (Å²) in [5, 5.41) is 19.2. The van der Waals surface area contributed by atoms with Crippen molar-refractivity contribution in [1.82, 2.24) is 9.97 Å². The quantitative estimate of drug-likeness (QED) is 0.662.